The number of methoxy groups -OCH3 is 1. The summed E-state index contributed by atoms with van der Waals surface area (Å²) in [6.45, 7) is 0.308. The lowest BCUT2D eigenvalue weighted by Crippen LogP contribution is -2.13. The van der Waals surface area contributed by atoms with Gasteiger partial charge < -0.3 is 9.47 Å². The van der Waals surface area contributed by atoms with Crippen LogP contribution in [-0.2, 0) is 11.3 Å². The molecule has 5 nitrogen and oxygen atoms in total. The number of hydrogen-bond donors (Lipinski definition) is 0. The van der Waals surface area contributed by atoms with Crippen molar-refractivity contribution in [3.8, 4) is 5.75 Å². The second kappa shape index (κ2) is 8.43. The average Bonchev–Trinajstić information content (AvgIpc) is 3.17. The number of para-hydroxylation sites is 1. The first-order chi connectivity index (χ1) is 14.6. The highest BCUT2D eigenvalue weighted by Gasteiger charge is 2.22. The summed E-state index contributed by atoms with van der Waals surface area (Å²) < 4.78 is 12.2. The number of ether oxygens (including phenoxy) is 2. The molecule has 1 aromatic heterocycles. The fourth-order valence-corrected chi connectivity index (χ4v) is 3.45. The molecule has 0 amide bonds. The van der Waals surface area contributed by atoms with E-state index < -0.39 is 5.97 Å². The molecule has 0 fully saturated rings. The van der Waals surface area contributed by atoms with Crippen LogP contribution < -0.4 is 4.74 Å². The molecular weight excluding hydrogens is 402 g/mol. The number of hydrogen-bond acceptors (Lipinski definition) is 4. The first-order valence-corrected chi connectivity index (χ1v) is 9.65. The third-order valence-corrected chi connectivity index (χ3v) is 4.98. The van der Waals surface area contributed by atoms with E-state index in [1.165, 1.54) is 17.9 Å². The van der Waals surface area contributed by atoms with Gasteiger partial charge in [0.25, 0.3) is 5.91 Å². The van der Waals surface area contributed by atoms with Crippen LogP contribution in [0.15, 0.2) is 79.0 Å². The van der Waals surface area contributed by atoms with E-state index in [0.717, 1.165) is 5.56 Å². The quantitative estimate of drug-likeness (QED) is 0.409. The molecule has 0 unspecified atom stereocenters. The molecule has 4 aromatic rings. The Morgan fingerprint density at radius 1 is 0.933 bits per heavy atom. The van der Waals surface area contributed by atoms with Crippen LogP contribution in [0.4, 0.5) is 0 Å². The Bertz CT molecular complexity index is 1230. The molecule has 6 heteroatoms. The van der Waals surface area contributed by atoms with Crippen LogP contribution in [0.1, 0.15) is 26.3 Å². The molecule has 4 rings (SSSR count). The van der Waals surface area contributed by atoms with Crippen molar-refractivity contribution in [1.29, 1.82) is 0 Å². The molecule has 0 saturated carbocycles. The van der Waals surface area contributed by atoms with Gasteiger partial charge in [0, 0.05) is 16.6 Å². The van der Waals surface area contributed by atoms with Gasteiger partial charge in [-0.1, -0.05) is 60.1 Å². The molecule has 0 saturated heterocycles. The maximum Gasteiger partial charge on any atom is 0.340 e. The van der Waals surface area contributed by atoms with Gasteiger partial charge in [-0.05, 0) is 29.8 Å². The Balaban J connectivity index is 1.75. The predicted octanol–water partition coefficient (Wildman–Crippen LogP) is 5.35. The minimum absolute atomic E-state index is 0.301. The van der Waals surface area contributed by atoms with E-state index in [0.29, 0.717) is 39.4 Å². The molecular formula is C24H18ClNO4. The summed E-state index contributed by atoms with van der Waals surface area (Å²) in [5.41, 5.74) is 2.19. The van der Waals surface area contributed by atoms with Gasteiger partial charge in [0.15, 0.2) is 0 Å². The number of aromatic nitrogens is 1. The van der Waals surface area contributed by atoms with Gasteiger partial charge in [-0.25, -0.2) is 4.79 Å². The lowest BCUT2D eigenvalue weighted by Gasteiger charge is -2.12. The van der Waals surface area contributed by atoms with Crippen LogP contribution in [0.25, 0.3) is 10.9 Å². The van der Waals surface area contributed by atoms with Gasteiger partial charge >= 0.3 is 5.97 Å². The number of rotatable bonds is 5. The van der Waals surface area contributed by atoms with E-state index in [9.17, 15) is 9.59 Å². The Hall–Kier alpha value is -3.57. The van der Waals surface area contributed by atoms with Crippen LogP contribution in [0.2, 0.25) is 5.02 Å². The van der Waals surface area contributed by atoms with Gasteiger partial charge in [0.2, 0.25) is 0 Å². The van der Waals surface area contributed by atoms with E-state index in [1.54, 1.807) is 42.5 Å². The second-order valence-electron chi connectivity index (χ2n) is 6.64. The number of carbonyl (C=O) groups is 2. The second-order valence-corrected chi connectivity index (χ2v) is 7.08. The minimum Gasteiger partial charge on any atom is -0.488 e. The number of halogens is 1. The lowest BCUT2D eigenvalue weighted by atomic mass is 10.1. The maximum atomic E-state index is 13.4. The summed E-state index contributed by atoms with van der Waals surface area (Å²) in [7, 11) is 1.31. The SMILES string of the molecule is COC(=O)c1cn(C(=O)c2cc(Cl)ccc2OCc2ccccc2)c2ccccc12. The smallest absolute Gasteiger partial charge is 0.340 e. The summed E-state index contributed by atoms with van der Waals surface area (Å²) in [4.78, 5) is 25.6. The normalized spacial score (nSPS) is 10.7. The lowest BCUT2D eigenvalue weighted by molar-refractivity contribution is 0.0603. The fraction of sp³-hybridized carbons (Fsp3) is 0.0833. The standard InChI is InChI=1S/C24H18ClNO4/c1-29-24(28)20-14-26(21-10-6-5-9-18(20)21)23(27)19-13-17(25)11-12-22(19)30-15-16-7-3-2-4-8-16/h2-14H,15H2,1H3. The predicted molar refractivity (Wildman–Crippen MR) is 115 cm³/mol. The maximum absolute atomic E-state index is 13.4. The third-order valence-electron chi connectivity index (χ3n) is 4.75. The van der Waals surface area contributed by atoms with Crippen molar-refractivity contribution >= 4 is 34.4 Å². The van der Waals surface area contributed by atoms with Crippen LogP contribution in [0.3, 0.4) is 0 Å². The highest BCUT2D eigenvalue weighted by atomic mass is 35.5. The van der Waals surface area contributed by atoms with Gasteiger partial charge in [0.05, 0.1) is 23.8 Å². The zero-order valence-corrected chi connectivity index (χ0v) is 16.9. The molecule has 0 aliphatic rings. The Morgan fingerprint density at radius 3 is 2.43 bits per heavy atom. The van der Waals surface area contributed by atoms with Gasteiger partial charge in [-0.15, -0.1) is 0 Å². The molecule has 0 spiro atoms. The topological polar surface area (TPSA) is 57.5 Å². The highest BCUT2D eigenvalue weighted by molar-refractivity contribution is 6.31. The minimum atomic E-state index is -0.510. The Labute approximate surface area is 178 Å². The molecule has 30 heavy (non-hydrogen) atoms. The van der Waals surface area contributed by atoms with Crippen LogP contribution in [0.5, 0.6) is 5.75 Å². The van der Waals surface area contributed by atoms with Crippen LogP contribution in [-0.4, -0.2) is 23.6 Å². The number of carbonyl (C=O) groups excluding carboxylic acids is 2. The summed E-state index contributed by atoms with van der Waals surface area (Å²) in [6, 6.07) is 21.7. The number of esters is 1. The van der Waals surface area contributed by atoms with E-state index in [-0.39, 0.29) is 5.91 Å². The number of fused-ring (bicyclic) bond motifs is 1. The number of benzene rings is 3. The molecule has 1 heterocycles. The molecule has 0 atom stereocenters. The van der Waals surface area contributed by atoms with E-state index in [4.69, 9.17) is 21.1 Å². The van der Waals surface area contributed by atoms with Crippen LogP contribution in [0, 0.1) is 0 Å². The largest absolute Gasteiger partial charge is 0.488 e. The van der Waals surface area contributed by atoms with Crippen molar-refractivity contribution in [3.63, 3.8) is 0 Å². The summed E-state index contributed by atoms with van der Waals surface area (Å²) in [6.07, 6.45) is 1.49. The van der Waals surface area contributed by atoms with Gasteiger partial charge in [-0.3, -0.25) is 9.36 Å². The van der Waals surface area contributed by atoms with Crippen molar-refractivity contribution in [2.75, 3.05) is 7.11 Å². The van der Waals surface area contributed by atoms with Crippen molar-refractivity contribution in [2.45, 2.75) is 6.61 Å². The Morgan fingerprint density at radius 2 is 1.67 bits per heavy atom. The third kappa shape index (κ3) is 3.80. The van der Waals surface area contributed by atoms with E-state index in [1.807, 2.05) is 30.3 Å². The van der Waals surface area contributed by atoms with E-state index >= 15 is 0 Å². The van der Waals surface area contributed by atoms with Crippen molar-refractivity contribution < 1.29 is 19.1 Å². The fourth-order valence-electron chi connectivity index (χ4n) is 3.28. The first-order valence-electron chi connectivity index (χ1n) is 9.28. The zero-order chi connectivity index (χ0) is 21.1. The average molecular weight is 420 g/mol. The molecule has 0 aliphatic carbocycles. The summed E-state index contributed by atoms with van der Waals surface area (Å²) >= 11 is 6.17. The molecule has 0 radical (unpaired) electrons. The molecule has 0 N–H and O–H groups in total. The summed E-state index contributed by atoms with van der Waals surface area (Å²) in [5.74, 6) is -0.457. The van der Waals surface area contributed by atoms with Crippen molar-refractivity contribution in [2.24, 2.45) is 0 Å². The van der Waals surface area contributed by atoms with Gasteiger partial charge in [0.1, 0.15) is 12.4 Å². The first kappa shape index (κ1) is 19.7. The zero-order valence-electron chi connectivity index (χ0n) is 16.2. The highest BCUT2D eigenvalue weighted by Crippen LogP contribution is 2.28. The number of nitrogens with zero attached hydrogens (tertiary/aromatic N) is 1. The monoisotopic (exact) mass is 419 g/mol. The Kier molecular flexibility index (Phi) is 5.55. The summed E-state index contributed by atoms with van der Waals surface area (Å²) in [5, 5.41) is 1.04. The van der Waals surface area contributed by atoms with Crippen molar-refractivity contribution in [3.05, 3.63) is 101 Å². The van der Waals surface area contributed by atoms with Gasteiger partial charge in [-0.2, -0.15) is 0 Å². The molecule has 0 bridgehead atoms. The van der Waals surface area contributed by atoms with Crippen molar-refractivity contribution in [1.82, 2.24) is 4.57 Å². The molecule has 0 aliphatic heterocycles. The van der Waals surface area contributed by atoms with Crippen LogP contribution >= 0.6 is 11.6 Å². The molecule has 150 valence electrons. The molecule has 3 aromatic carbocycles. The van der Waals surface area contributed by atoms with E-state index in [2.05, 4.69) is 0 Å².